The largest absolute Gasteiger partial charge is 0.248 e. The van der Waals surface area contributed by atoms with E-state index in [2.05, 4.69) is 6.92 Å². The molecule has 1 atom stereocenters. The van der Waals surface area contributed by atoms with E-state index in [-0.39, 0.29) is 12.8 Å². The van der Waals surface area contributed by atoms with E-state index in [1.807, 2.05) is 0 Å². The number of hydrogen-bond acceptors (Lipinski definition) is 0. The number of alkyl halides is 2. The average molecular weight is 148 g/mol. The summed E-state index contributed by atoms with van der Waals surface area (Å²) in [5, 5.41) is 0. The van der Waals surface area contributed by atoms with Gasteiger partial charge in [0, 0.05) is 12.8 Å². The summed E-state index contributed by atoms with van der Waals surface area (Å²) in [7, 11) is 0. The lowest BCUT2D eigenvalue weighted by Gasteiger charge is -2.11. The standard InChI is InChI=1S/C8H14F2/c1-7-3-2-5-8(9,10)6-4-7/h7H,2-6H2,1H3/t7-/m0/s1. The van der Waals surface area contributed by atoms with Gasteiger partial charge in [0.2, 0.25) is 5.92 Å². The van der Waals surface area contributed by atoms with E-state index < -0.39 is 5.92 Å². The lowest BCUT2D eigenvalue weighted by Crippen LogP contribution is -2.13. The first-order chi connectivity index (χ1) is 4.60. The van der Waals surface area contributed by atoms with E-state index in [9.17, 15) is 8.78 Å². The molecule has 0 bridgehead atoms. The zero-order chi connectivity index (χ0) is 7.61. The zero-order valence-electron chi connectivity index (χ0n) is 6.37. The Balaban J connectivity index is 2.41. The Morgan fingerprint density at radius 3 is 2.60 bits per heavy atom. The van der Waals surface area contributed by atoms with E-state index in [0.29, 0.717) is 18.8 Å². The van der Waals surface area contributed by atoms with Gasteiger partial charge in [-0.3, -0.25) is 0 Å². The van der Waals surface area contributed by atoms with Crippen LogP contribution in [0.5, 0.6) is 0 Å². The molecule has 0 aromatic carbocycles. The Morgan fingerprint density at radius 1 is 1.20 bits per heavy atom. The number of rotatable bonds is 0. The molecule has 10 heavy (non-hydrogen) atoms. The molecule has 1 rings (SSSR count). The SMILES string of the molecule is C[C@H]1CCCC(F)(F)CC1. The molecule has 0 aromatic rings. The molecule has 0 saturated heterocycles. The third-order valence-corrected chi connectivity index (χ3v) is 2.24. The second-order valence-electron chi connectivity index (χ2n) is 3.39. The second kappa shape index (κ2) is 2.85. The summed E-state index contributed by atoms with van der Waals surface area (Å²) >= 11 is 0. The summed E-state index contributed by atoms with van der Waals surface area (Å²) in [6, 6.07) is 0. The van der Waals surface area contributed by atoms with Crippen molar-refractivity contribution in [1.29, 1.82) is 0 Å². The van der Waals surface area contributed by atoms with Crippen molar-refractivity contribution in [3.8, 4) is 0 Å². The highest BCUT2D eigenvalue weighted by molar-refractivity contribution is 4.72. The van der Waals surface area contributed by atoms with Crippen molar-refractivity contribution < 1.29 is 8.78 Å². The maximum atomic E-state index is 12.6. The Morgan fingerprint density at radius 2 is 1.90 bits per heavy atom. The van der Waals surface area contributed by atoms with Gasteiger partial charge >= 0.3 is 0 Å². The van der Waals surface area contributed by atoms with E-state index in [1.165, 1.54) is 0 Å². The van der Waals surface area contributed by atoms with Crippen molar-refractivity contribution in [2.24, 2.45) is 5.92 Å². The quantitative estimate of drug-likeness (QED) is 0.463. The molecule has 0 nitrogen and oxygen atoms in total. The van der Waals surface area contributed by atoms with Crippen LogP contribution in [0, 0.1) is 5.92 Å². The topological polar surface area (TPSA) is 0 Å². The smallest absolute Gasteiger partial charge is 0.207 e. The second-order valence-corrected chi connectivity index (χ2v) is 3.39. The molecule has 1 aliphatic rings. The van der Waals surface area contributed by atoms with Crippen LogP contribution in [0.15, 0.2) is 0 Å². The molecule has 0 radical (unpaired) electrons. The number of hydrogen-bond donors (Lipinski definition) is 0. The summed E-state index contributed by atoms with van der Waals surface area (Å²) in [6.07, 6.45) is 2.60. The van der Waals surface area contributed by atoms with Crippen LogP contribution >= 0.6 is 0 Å². The van der Waals surface area contributed by atoms with Gasteiger partial charge in [0.25, 0.3) is 0 Å². The highest BCUT2D eigenvalue weighted by atomic mass is 19.3. The van der Waals surface area contributed by atoms with Crippen LogP contribution in [0.25, 0.3) is 0 Å². The van der Waals surface area contributed by atoms with Crippen LogP contribution in [0.3, 0.4) is 0 Å². The fourth-order valence-electron chi connectivity index (χ4n) is 1.44. The molecule has 0 aliphatic heterocycles. The minimum absolute atomic E-state index is 0.105. The van der Waals surface area contributed by atoms with Gasteiger partial charge in [0.1, 0.15) is 0 Å². The van der Waals surface area contributed by atoms with Crippen molar-refractivity contribution in [2.75, 3.05) is 0 Å². The summed E-state index contributed by atoms with van der Waals surface area (Å²) in [5.74, 6) is -1.85. The third-order valence-electron chi connectivity index (χ3n) is 2.24. The summed E-state index contributed by atoms with van der Waals surface area (Å²) < 4.78 is 25.3. The molecule has 60 valence electrons. The molecular weight excluding hydrogens is 134 g/mol. The third kappa shape index (κ3) is 2.24. The molecule has 0 aromatic heterocycles. The fourth-order valence-corrected chi connectivity index (χ4v) is 1.44. The number of halogens is 2. The zero-order valence-corrected chi connectivity index (χ0v) is 6.37. The lowest BCUT2D eigenvalue weighted by atomic mass is 10.0. The molecule has 0 amide bonds. The maximum absolute atomic E-state index is 12.6. The monoisotopic (exact) mass is 148 g/mol. The molecule has 1 fully saturated rings. The predicted octanol–water partition coefficient (Wildman–Crippen LogP) is 3.22. The molecule has 0 N–H and O–H groups in total. The van der Waals surface area contributed by atoms with Gasteiger partial charge in [-0.25, -0.2) is 8.78 Å². The first-order valence-corrected chi connectivity index (χ1v) is 3.98. The average Bonchev–Trinajstić information content (AvgIpc) is 1.94. The fraction of sp³-hybridized carbons (Fsp3) is 1.00. The van der Waals surface area contributed by atoms with E-state index >= 15 is 0 Å². The van der Waals surface area contributed by atoms with Crippen LogP contribution in [-0.2, 0) is 0 Å². The minimum atomic E-state index is -2.36. The van der Waals surface area contributed by atoms with Crippen LogP contribution in [0.2, 0.25) is 0 Å². The minimum Gasteiger partial charge on any atom is -0.207 e. The maximum Gasteiger partial charge on any atom is 0.248 e. The highest BCUT2D eigenvalue weighted by Gasteiger charge is 2.30. The molecule has 1 aliphatic carbocycles. The Hall–Kier alpha value is -0.140. The Bertz CT molecular complexity index is 110. The van der Waals surface area contributed by atoms with Gasteiger partial charge in [-0.2, -0.15) is 0 Å². The Kier molecular flexibility index (Phi) is 2.27. The van der Waals surface area contributed by atoms with E-state index in [1.54, 1.807) is 0 Å². The summed E-state index contributed by atoms with van der Waals surface area (Å²) in [6.45, 7) is 2.06. The van der Waals surface area contributed by atoms with Crippen molar-refractivity contribution in [3.05, 3.63) is 0 Å². The van der Waals surface area contributed by atoms with Crippen molar-refractivity contribution in [3.63, 3.8) is 0 Å². The van der Waals surface area contributed by atoms with Crippen LogP contribution in [0.4, 0.5) is 8.78 Å². The predicted molar refractivity (Wildman–Crippen MR) is 37.2 cm³/mol. The van der Waals surface area contributed by atoms with Crippen LogP contribution in [-0.4, -0.2) is 5.92 Å². The molecule has 1 saturated carbocycles. The molecule has 0 heterocycles. The van der Waals surface area contributed by atoms with Gasteiger partial charge in [0.15, 0.2) is 0 Å². The van der Waals surface area contributed by atoms with Crippen LogP contribution < -0.4 is 0 Å². The molecule has 2 heteroatoms. The van der Waals surface area contributed by atoms with Crippen LogP contribution in [0.1, 0.15) is 39.0 Å². The molecule has 0 unspecified atom stereocenters. The normalized spacial score (nSPS) is 33.3. The summed E-state index contributed by atoms with van der Waals surface area (Å²) in [5.41, 5.74) is 0. The van der Waals surface area contributed by atoms with Gasteiger partial charge < -0.3 is 0 Å². The first-order valence-electron chi connectivity index (χ1n) is 3.98. The van der Waals surface area contributed by atoms with Crippen molar-refractivity contribution >= 4 is 0 Å². The Labute approximate surface area is 60.6 Å². The molecule has 0 spiro atoms. The van der Waals surface area contributed by atoms with Gasteiger partial charge in [-0.15, -0.1) is 0 Å². The van der Waals surface area contributed by atoms with E-state index in [0.717, 1.165) is 6.42 Å². The van der Waals surface area contributed by atoms with Gasteiger partial charge in [-0.05, 0) is 18.8 Å². The lowest BCUT2D eigenvalue weighted by molar-refractivity contribution is -0.0146. The highest BCUT2D eigenvalue weighted by Crippen LogP contribution is 2.33. The molecular formula is C8H14F2. The van der Waals surface area contributed by atoms with Crippen molar-refractivity contribution in [1.82, 2.24) is 0 Å². The van der Waals surface area contributed by atoms with E-state index in [4.69, 9.17) is 0 Å². The van der Waals surface area contributed by atoms with Crippen molar-refractivity contribution in [2.45, 2.75) is 45.0 Å². The summed E-state index contributed by atoms with van der Waals surface area (Å²) in [4.78, 5) is 0. The van der Waals surface area contributed by atoms with Gasteiger partial charge in [-0.1, -0.05) is 13.3 Å². The van der Waals surface area contributed by atoms with Gasteiger partial charge in [0.05, 0.1) is 0 Å². The first kappa shape index (κ1) is 7.96.